The van der Waals surface area contributed by atoms with Gasteiger partial charge in [0.2, 0.25) is 0 Å². The fraction of sp³-hybridized carbons (Fsp3) is 0.333. The molecule has 2 rings (SSSR count). The molecule has 0 radical (unpaired) electrons. The number of amidine groups is 1. The van der Waals surface area contributed by atoms with E-state index >= 15 is 0 Å². The van der Waals surface area contributed by atoms with E-state index in [0.717, 1.165) is 0 Å². The van der Waals surface area contributed by atoms with E-state index in [9.17, 15) is 9.90 Å². The van der Waals surface area contributed by atoms with Crippen LogP contribution in [0.5, 0.6) is 11.5 Å². The third kappa shape index (κ3) is 5.90. The van der Waals surface area contributed by atoms with E-state index < -0.39 is 12.0 Å². The summed E-state index contributed by atoms with van der Waals surface area (Å²) in [4.78, 5) is 11.9. The number of aliphatic carboxylic acids is 1. The van der Waals surface area contributed by atoms with E-state index in [0.29, 0.717) is 47.4 Å². The Balaban J connectivity index is 2.32. The predicted octanol–water partition coefficient (Wildman–Crippen LogP) is 3.64. The first-order valence-corrected chi connectivity index (χ1v) is 9.14. The Hall–Kier alpha value is -3.22. The van der Waals surface area contributed by atoms with Crippen LogP contribution in [0, 0.1) is 11.3 Å². The molecule has 0 aliphatic carbocycles. The molecule has 0 aromatic heterocycles. The van der Waals surface area contributed by atoms with Crippen LogP contribution in [0.15, 0.2) is 42.5 Å². The van der Waals surface area contributed by atoms with Crippen molar-refractivity contribution in [2.45, 2.75) is 26.8 Å². The summed E-state index contributed by atoms with van der Waals surface area (Å²) >= 11 is 0. The Morgan fingerprint density at radius 3 is 2.25 bits per heavy atom. The summed E-state index contributed by atoms with van der Waals surface area (Å²) in [5, 5.41) is 20.2. The van der Waals surface area contributed by atoms with Gasteiger partial charge in [-0.3, -0.25) is 5.41 Å². The van der Waals surface area contributed by atoms with Crippen molar-refractivity contribution in [2.24, 2.45) is 11.7 Å². The second-order valence-corrected chi connectivity index (χ2v) is 6.78. The lowest BCUT2D eigenvalue weighted by Gasteiger charge is -2.19. The Kier molecular flexibility index (Phi) is 7.26. The van der Waals surface area contributed by atoms with Crippen molar-refractivity contribution in [1.29, 1.82) is 5.41 Å². The van der Waals surface area contributed by atoms with Crippen molar-refractivity contribution in [2.75, 3.05) is 18.5 Å². The van der Waals surface area contributed by atoms with Crippen molar-refractivity contribution in [3.8, 4) is 11.5 Å². The molecule has 0 spiro atoms. The number of carboxylic acid groups (broad SMARTS) is 1. The van der Waals surface area contributed by atoms with Crippen molar-refractivity contribution >= 4 is 17.5 Å². The van der Waals surface area contributed by atoms with Gasteiger partial charge in [-0.25, -0.2) is 4.79 Å². The molecule has 0 saturated carbocycles. The quantitative estimate of drug-likeness (QED) is 0.366. The fourth-order valence-electron chi connectivity index (χ4n) is 2.56. The van der Waals surface area contributed by atoms with Gasteiger partial charge in [-0.1, -0.05) is 13.8 Å². The van der Waals surface area contributed by atoms with Gasteiger partial charge < -0.3 is 25.6 Å². The second-order valence-electron chi connectivity index (χ2n) is 6.78. The molecule has 1 unspecified atom stereocenters. The van der Waals surface area contributed by atoms with Crippen LogP contribution >= 0.6 is 0 Å². The molecule has 28 heavy (non-hydrogen) atoms. The minimum atomic E-state index is -1.03. The minimum Gasteiger partial charge on any atom is -0.494 e. The van der Waals surface area contributed by atoms with Crippen LogP contribution in [-0.2, 0) is 4.79 Å². The summed E-state index contributed by atoms with van der Waals surface area (Å²) < 4.78 is 11.4. The van der Waals surface area contributed by atoms with E-state index in [4.69, 9.17) is 20.6 Å². The third-order valence-corrected chi connectivity index (χ3v) is 3.88. The maximum Gasteiger partial charge on any atom is 0.330 e. The van der Waals surface area contributed by atoms with Gasteiger partial charge in [-0.05, 0) is 54.8 Å². The van der Waals surface area contributed by atoms with Crippen molar-refractivity contribution in [3.05, 3.63) is 53.6 Å². The van der Waals surface area contributed by atoms with Crippen LogP contribution in [0.25, 0.3) is 0 Å². The zero-order valence-corrected chi connectivity index (χ0v) is 16.4. The molecule has 150 valence electrons. The smallest absolute Gasteiger partial charge is 0.330 e. The first kappa shape index (κ1) is 21.1. The molecule has 1 atom stereocenters. The standard InChI is InChI=1S/C21H27N3O4/c1-4-27-17-9-15(10-18(11-17)28-12-13(2)3)19(21(25)26)24-16-7-5-14(6-8-16)20(22)23/h5-11,13,19,24H,4,12H2,1-3H3,(H3,22,23)(H,25,26). The molecule has 7 nitrogen and oxygen atoms in total. The van der Waals surface area contributed by atoms with Gasteiger partial charge in [0.05, 0.1) is 13.2 Å². The van der Waals surface area contributed by atoms with E-state index in [1.807, 2.05) is 20.8 Å². The Morgan fingerprint density at radius 1 is 1.14 bits per heavy atom. The lowest BCUT2D eigenvalue weighted by atomic mass is 10.0. The molecular weight excluding hydrogens is 358 g/mol. The van der Waals surface area contributed by atoms with Crippen LogP contribution < -0.4 is 20.5 Å². The molecule has 0 bridgehead atoms. The highest BCUT2D eigenvalue weighted by atomic mass is 16.5. The molecule has 0 heterocycles. The summed E-state index contributed by atoms with van der Waals surface area (Å²) in [5.41, 5.74) is 7.15. The molecular formula is C21H27N3O4. The summed E-state index contributed by atoms with van der Waals surface area (Å²) in [6.07, 6.45) is 0. The largest absolute Gasteiger partial charge is 0.494 e. The zero-order chi connectivity index (χ0) is 20.7. The summed E-state index contributed by atoms with van der Waals surface area (Å²) in [6, 6.07) is 10.9. The highest BCUT2D eigenvalue weighted by molar-refractivity contribution is 5.95. The number of hydrogen-bond donors (Lipinski definition) is 4. The van der Waals surface area contributed by atoms with Gasteiger partial charge in [0.15, 0.2) is 6.04 Å². The third-order valence-electron chi connectivity index (χ3n) is 3.88. The molecule has 0 fully saturated rings. The number of nitrogens with two attached hydrogens (primary N) is 1. The van der Waals surface area contributed by atoms with E-state index in [2.05, 4.69) is 5.32 Å². The number of carboxylic acids is 1. The highest BCUT2D eigenvalue weighted by Crippen LogP contribution is 2.29. The number of hydrogen-bond acceptors (Lipinski definition) is 5. The van der Waals surface area contributed by atoms with Gasteiger partial charge in [-0.15, -0.1) is 0 Å². The summed E-state index contributed by atoms with van der Waals surface area (Å²) in [7, 11) is 0. The molecule has 2 aromatic rings. The van der Waals surface area contributed by atoms with Crippen LogP contribution in [0.2, 0.25) is 0 Å². The topological polar surface area (TPSA) is 118 Å². The molecule has 7 heteroatoms. The van der Waals surface area contributed by atoms with Gasteiger partial charge in [0.1, 0.15) is 17.3 Å². The number of nitrogens with one attached hydrogen (secondary N) is 2. The molecule has 0 amide bonds. The normalized spacial score (nSPS) is 11.7. The van der Waals surface area contributed by atoms with Crippen molar-refractivity contribution < 1.29 is 19.4 Å². The van der Waals surface area contributed by atoms with Gasteiger partial charge >= 0.3 is 5.97 Å². The Labute approximate surface area is 165 Å². The number of rotatable bonds is 10. The van der Waals surface area contributed by atoms with Crippen LogP contribution in [0.1, 0.15) is 37.9 Å². The second kappa shape index (κ2) is 9.64. The number of benzene rings is 2. The van der Waals surface area contributed by atoms with E-state index in [1.165, 1.54) is 0 Å². The Bertz CT molecular complexity index is 819. The predicted molar refractivity (Wildman–Crippen MR) is 109 cm³/mol. The summed E-state index contributed by atoms with van der Waals surface area (Å²) in [5.74, 6) is 0.387. The zero-order valence-electron chi connectivity index (χ0n) is 16.4. The molecule has 0 aliphatic rings. The molecule has 0 saturated heterocycles. The average molecular weight is 385 g/mol. The van der Waals surface area contributed by atoms with Gasteiger partial charge in [0.25, 0.3) is 0 Å². The lowest BCUT2D eigenvalue weighted by molar-refractivity contribution is -0.138. The van der Waals surface area contributed by atoms with Crippen LogP contribution in [0.3, 0.4) is 0 Å². The number of carbonyl (C=O) groups is 1. The number of nitrogen functional groups attached to an aromatic ring is 1. The monoisotopic (exact) mass is 385 g/mol. The lowest BCUT2D eigenvalue weighted by Crippen LogP contribution is -2.21. The summed E-state index contributed by atoms with van der Waals surface area (Å²) in [6.45, 7) is 6.93. The minimum absolute atomic E-state index is 0.0438. The maximum atomic E-state index is 11.9. The van der Waals surface area contributed by atoms with E-state index in [1.54, 1.807) is 42.5 Å². The van der Waals surface area contributed by atoms with Crippen LogP contribution in [-0.4, -0.2) is 30.1 Å². The van der Waals surface area contributed by atoms with Gasteiger partial charge in [-0.2, -0.15) is 0 Å². The molecule has 2 aromatic carbocycles. The number of ether oxygens (including phenoxy) is 2. The Morgan fingerprint density at radius 2 is 1.75 bits per heavy atom. The highest BCUT2D eigenvalue weighted by Gasteiger charge is 2.22. The first-order chi connectivity index (χ1) is 13.3. The number of anilines is 1. The van der Waals surface area contributed by atoms with Gasteiger partial charge in [0, 0.05) is 17.3 Å². The van der Waals surface area contributed by atoms with Crippen molar-refractivity contribution in [3.63, 3.8) is 0 Å². The fourth-order valence-corrected chi connectivity index (χ4v) is 2.56. The van der Waals surface area contributed by atoms with Crippen molar-refractivity contribution in [1.82, 2.24) is 0 Å². The van der Waals surface area contributed by atoms with Crippen LogP contribution in [0.4, 0.5) is 5.69 Å². The molecule has 5 N–H and O–H groups in total. The SMILES string of the molecule is CCOc1cc(OCC(C)C)cc(C(Nc2ccc(C(=N)N)cc2)C(=O)O)c1. The van der Waals surface area contributed by atoms with E-state index in [-0.39, 0.29) is 5.84 Å². The average Bonchev–Trinajstić information content (AvgIpc) is 2.64. The first-order valence-electron chi connectivity index (χ1n) is 9.14. The maximum absolute atomic E-state index is 11.9. The molecule has 0 aliphatic heterocycles.